The van der Waals surface area contributed by atoms with Crippen LogP contribution in [0.15, 0.2) is 30.3 Å². The van der Waals surface area contributed by atoms with Crippen molar-refractivity contribution in [1.29, 1.82) is 0 Å². The van der Waals surface area contributed by atoms with Crippen LogP contribution in [0.4, 0.5) is 0 Å². The molecule has 2 saturated carbocycles. The maximum Gasteiger partial charge on any atom is 0.338 e. The summed E-state index contributed by atoms with van der Waals surface area (Å²) in [5.41, 5.74) is -5.96. The zero-order valence-electron chi connectivity index (χ0n) is 16.8. The zero-order chi connectivity index (χ0) is 21.2. The molecule has 1 heterocycles. The molecule has 0 unspecified atom stereocenters. The Bertz CT molecular complexity index is 878. The molecule has 0 spiro atoms. The number of hydrogen-bond acceptors (Lipinski definition) is 7. The number of esters is 2. The number of hydrogen-bond donors (Lipinski definition) is 2. The van der Waals surface area contributed by atoms with Gasteiger partial charge in [-0.2, -0.15) is 0 Å². The minimum absolute atomic E-state index is 0.106. The summed E-state index contributed by atoms with van der Waals surface area (Å²) in [5.74, 6) is -1.72. The van der Waals surface area contributed by atoms with Crippen molar-refractivity contribution < 1.29 is 34.1 Å². The van der Waals surface area contributed by atoms with Crippen LogP contribution in [0.3, 0.4) is 0 Å². The summed E-state index contributed by atoms with van der Waals surface area (Å²) in [6.45, 7) is 4.38. The minimum atomic E-state index is -1.96. The molecule has 7 heteroatoms. The monoisotopic (exact) mass is 402 g/mol. The summed E-state index contributed by atoms with van der Waals surface area (Å²) < 4.78 is 11.0. The molecular formula is C22H26O7. The van der Waals surface area contributed by atoms with Crippen molar-refractivity contribution in [3.05, 3.63) is 35.9 Å². The van der Waals surface area contributed by atoms with Gasteiger partial charge < -0.3 is 19.7 Å². The molecule has 6 atom stereocenters. The second-order valence-corrected chi connectivity index (χ2v) is 9.16. The van der Waals surface area contributed by atoms with E-state index < -0.39 is 52.5 Å². The van der Waals surface area contributed by atoms with Crippen LogP contribution in [-0.4, -0.2) is 51.8 Å². The third-order valence-corrected chi connectivity index (χ3v) is 7.91. The summed E-state index contributed by atoms with van der Waals surface area (Å²) in [7, 11) is 0. The third kappa shape index (κ3) is 2.34. The molecule has 0 aromatic heterocycles. The average Bonchev–Trinajstić information content (AvgIpc) is 2.79. The highest BCUT2D eigenvalue weighted by Crippen LogP contribution is 2.69. The number of benzene rings is 1. The molecule has 1 aromatic rings. The van der Waals surface area contributed by atoms with Crippen LogP contribution in [-0.2, 0) is 19.1 Å². The maximum absolute atomic E-state index is 13.0. The van der Waals surface area contributed by atoms with Gasteiger partial charge >= 0.3 is 11.9 Å². The van der Waals surface area contributed by atoms with Crippen LogP contribution in [0.5, 0.6) is 0 Å². The van der Waals surface area contributed by atoms with Gasteiger partial charge in [0.15, 0.2) is 5.78 Å². The Hall–Kier alpha value is -2.25. The Morgan fingerprint density at radius 2 is 1.83 bits per heavy atom. The molecule has 1 aliphatic heterocycles. The fourth-order valence-electron chi connectivity index (χ4n) is 5.85. The summed E-state index contributed by atoms with van der Waals surface area (Å²) in [6, 6.07) is 8.36. The molecule has 1 aromatic carbocycles. The average molecular weight is 402 g/mol. The highest BCUT2D eigenvalue weighted by atomic mass is 16.6. The molecule has 7 nitrogen and oxygen atoms in total. The fraction of sp³-hybridized carbons (Fsp3) is 0.591. The van der Waals surface area contributed by atoms with E-state index in [4.69, 9.17) is 9.47 Å². The molecule has 2 bridgehead atoms. The standard InChI is InChI=1S/C22H26O7/c1-13-9-16-22(27)19(2,12-28-18(25)14-7-5-4-6-8-14)20(3,26)15(23)10-21(13,22)11-17(24)29-16/h4-8,13,16,26-27H,9-12H2,1-3H3/t13-,16-,19-,20+,21-,22+/m1/s1. The van der Waals surface area contributed by atoms with Crippen LogP contribution in [0.1, 0.15) is 50.4 Å². The molecule has 3 aliphatic rings. The molecule has 2 aliphatic carbocycles. The second kappa shape index (κ2) is 6.12. The van der Waals surface area contributed by atoms with Crippen LogP contribution in [0.25, 0.3) is 0 Å². The van der Waals surface area contributed by atoms with E-state index in [0.717, 1.165) is 0 Å². The Morgan fingerprint density at radius 3 is 2.48 bits per heavy atom. The minimum Gasteiger partial charge on any atom is -0.461 e. The highest BCUT2D eigenvalue weighted by molar-refractivity contribution is 5.92. The van der Waals surface area contributed by atoms with E-state index >= 15 is 0 Å². The van der Waals surface area contributed by atoms with Crippen molar-refractivity contribution in [3.8, 4) is 0 Å². The Labute approximate surface area is 169 Å². The molecule has 156 valence electrons. The van der Waals surface area contributed by atoms with Crippen molar-refractivity contribution in [2.24, 2.45) is 16.7 Å². The molecular weight excluding hydrogens is 376 g/mol. The van der Waals surface area contributed by atoms with Gasteiger partial charge in [0.1, 0.15) is 23.9 Å². The van der Waals surface area contributed by atoms with Crippen molar-refractivity contribution in [2.45, 2.75) is 57.3 Å². The molecule has 29 heavy (non-hydrogen) atoms. The normalized spacial score (nSPS) is 43.5. The molecule has 0 amide bonds. The Morgan fingerprint density at radius 1 is 1.17 bits per heavy atom. The van der Waals surface area contributed by atoms with Gasteiger partial charge in [0.25, 0.3) is 0 Å². The highest BCUT2D eigenvalue weighted by Gasteiger charge is 2.81. The second-order valence-electron chi connectivity index (χ2n) is 9.16. The number of ketones is 1. The fourth-order valence-corrected chi connectivity index (χ4v) is 5.85. The van der Waals surface area contributed by atoms with Gasteiger partial charge in [-0.05, 0) is 31.4 Å². The van der Waals surface area contributed by atoms with Gasteiger partial charge in [0.05, 0.1) is 17.4 Å². The summed E-state index contributed by atoms with van der Waals surface area (Å²) >= 11 is 0. The van der Waals surface area contributed by atoms with E-state index in [1.807, 2.05) is 6.92 Å². The first-order valence-electron chi connectivity index (χ1n) is 9.89. The van der Waals surface area contributed by atoms with Crippen molar-refractivity contribution in [2.75, 3.05) is 6.61 Å². The lowest BCUT2D eigenvalue weighted by Crippen LogP contribution is -2.78. The SMILES string of the molecule is C[C@@H]1C[C@H]2OC(=O)C[C@]13CC(=O)[C@](C)(O)[C@@](C)(COC(=O)c1ccccc1)[C@@]23O. The lowest BCUT2D eigenvalue weighted by atomic mass is 9.45. The lowest BCUT2D eigenvalue weighted by molar-refractivity contribution is -0.296. The van der Waals surface area contributed by atoms with Crippen molar-refractivity contribution in [3.63, 3.8) is 0 Å². The Kier molecular flexibility index (Phi) is 4.23. The van der Waals surface area contributed by atoms with E-state index in [1.165, 1.54) is 6.92 Å². The first kappa shape index (κ1) is 20.0. The first-order valence-corrected chi connectivity index (χ1v) is 9.89. The van der Waals surface area contributed by atoms with Gasteiger partial charge in [-0.1, -0.05) is 32.0 Å². The molecule has 1 saturated heterocycles. The molecule has 0 radical (unpaired) electrons. The predicted octanol–water partition coefficient (Wildman–Crippen LogP) is 1.65. The number of Topliss-reactive ketones (excluding diaryl/α,β-unsaturated/α-hetero) is 1. The largest absolute Gasteiger partial charge is 0.461 e. The summed E-state index contributed by atoms with van der Waals surface area (Å²) in [6.07, 6.45) is -0.719. The topological polar surface area (TPSA) is 110 Å². The van der Waals surface area contributed by atoms with Gasteiger partial charge in [0.2, 0.25) is 0 Å². The van der Waals surface area contributed by atoms with Gasteiger partial charge in [-0.3, -0.25) is 9.59 Å². The third-order valence-electron chi connectivity index (χ3n) is 7.91. The number of aliphatic hydroxyl groups is 2. The van der Waals surface area contributed by atoms with Crippen LogP contribution in [0, 0.1) is 16.7 Å². The smallest absolute Gasteiger partial charge is 0.338 e. The van der Waals surface area contributed by atoms with Crippen molar-refractivity contribution in [1.82, 2.24) is 0 Å². The van der Waals surface area contributed by atoms with E-state index in [1.54, 1.807) is 37.3 Å². The molecule has 3 fully saturated rings. The van der Waals surface area contributed by atoms with Crippen LogP contribution in [0.2, 0.25) is 0 Å². The molecule has 4 rings (SSSR count). The van der Waals surface area contributed by atoms with Gasteiger partial charge in [-0.15, -0.1) is 0 Å². The number of carbonyl (C=O) groups excluding carboxylic acids is 3. The number of carbonyl (C=O) groups is 3. The van der Waals surface area contributed by atoms with Crippen LogP contribution < -0.4 is 0 Å². The maximum atomic E-state index is 13.0. The van der Waals surface area contributed by atoms with E-state index in [0.29, 0.717) is 12.0 Å². The van der Waals surface area contributed by atoms with E-state index in [2.05, 4.69) is 0 Å². The summed E-state index contributed by atoms with van der Waals surface area (Å²) in [5, 5.41) is 23.3. The quantitative estimate of drug-likeness (QED) is 0.740. The predicted molar refractivity (Wildman–Crippen MR) is 101 cm³/mol. The zero-order valence-corrected chi connectivity index (χ0v) is 16.8. The van der Waals surface area contributed by atoms with E-state index in [-0.39, 0.29) is 18.8 Å². The first-order chi connectivity index (χ1) is 13.5. The number of ether oxygens (including phenoxy) is 2. The van der Waals surface area contributed by atoms with Crippen molar-refractivity contribution >= 4 is 17.7 Å². The van der Waals surface area contributed by atoms with E-state index in [9.17, 15) is 24.6 Å². The summed E-state index contributed by atoms with van der Waals surface area (Å²) in [4.78, 5) is 37.7. The Balaban J connectivity index is 1.76. The lowest BCUT2D eigenvalue weighted by Gasteiger charge is -2.63. The van der Waals surface area contributed by atoms with Gasteiger partial charge in [0, 0.05) is 11.8 Å². The number of rotatable bonds is 3. The van der Waals surface area contributed by atoms with Crippen LogP contribution >= 0.6 is 0 Å². The molecule has 2 N–H and O–H groups in total. The van der Waals surface area contributed by atoms with Gasteiger partial charge in [-0.25, -0.2) is 4.79 Å².